The summed E-state index contributed by atoms with van der Waals surface area (Å²) in [4.78, 5) is 37.0. The topological polar surface area (TPSA) is 104 Å². The number of rotatable bonds is 2. The minimum Gasteiger partial charge on any atom is -0.478 e. The summed E-state index contributed by atoms with van der Waals surface area (Å²) >= 11 is 0. The van der Waals surface area contributed by atoms with Gasteiger partial charge in [0.05, 0.1) is 17.2 Å². The molecule has 1 amide bonds. The Kier molecular flexibility index (Phi) is 2.47. The van der Waals surface area contributed by atoms with Gasteiger partial charge in [-0.05, 0) is 6.08 Å². The van der Waals surface area contributed by atoms with Crippen molar-refractivity contribution in [1.82, 2.24) is 0 Å². The SMILES string of the molecule is O=C(O)C1=C(C(=O)O)C2C=CC=CC2=NC1=O. The van der Waals surface area contributed by atoms with E-state index in [1.807, 2.05) is 0 Å². The molecule has 0 aromatic rings. The second-order valence-electron chi connectivity index (χ2n) is 3.46. The molecule has 1 aliphatic carbocycles. The summed E-state index contributed by atoms with van der Waals surface area (Å²) in [5, 5.41) is 17.9. The molecular weight excluding hydrogens is 226 g/mol. The van der Waals surface area contributed by atoms with Gasteiger partial charge in [-0.3, -0.25) is 4.79 Å². The van der Waals surface area contributed by atoms with Crippen LogP contribution in [-0.4, -0.2) is 33.8 Å². The molecule has 0 fully saturated rings. The van der Waals surface area contributed by atoms with Crippen LogP contribution in [0.15, 0.2) is 40.4 Å². The fourth-order valence-corrected chi connectivity index (χ4v) is 1.77. The highest BCUT2D eigenvalue weighted by Crippen LogP contribution is 2.27. The number of carboxylic acid groups (broad SMARTS) is 2. The van der Waals surface area contributed by atoms with Gasteiger partial charge < -0.3 is 10.2 Å². The molecule has 1 atom stereocenters. The van der Waals surface area contributed by atoms with Gasteiger partial charge in [-0.15, -0.1) is 0 Å². The van der Waals surface area contributed by atoms with E-state index in [0.29, 0.717) is 0 Å². The zero-order valence-electron chi connectivity index (χ0n) is 8.45. The third kappa shape index (κ3) is 1.69. The Hall–Kier alpha value is -2.50. The number of allylic oxidation sites excluding steroid dienone is 4. The summed E-state index contributed by atoms with van der Waals surface area (Å²) in [5.74, 6) is -4.80. The molecule has 86 valence electrons. The van der Waals surface area contributed by atoms with E-state index in [1.54, 1.807) is 12.2 Å². The molecule has 0 saturated heterocycles. The van der Waals surface area contributed by atoms with Crippen LogP contribution in [0, 0.1) is 5.92 Å². The van der Waals surface area contributed by atoms with E-state index in [1.165, 1.54) is 12.2 Å². The summed E-state index contributed by atoms with van der Waals surface area (Å²) in [6.45, 7) is 0. The van der Waals surface area contributed by atoms with Crippen LogP contribution in [0.2, 0.25) is 0 Å². The largest absolute Gasteiger partial charge is 0.478 e. The fraction of sp³-hybridized carbons (Fsp3) is 0.0909. The van der Waals surface area contributed by atoms with Crippen molar-refractivity contribution in [2.75, 3.05) is 0 Å². The Labute approximate surface area is 95.3 Å². The maximum absolute atomic E-state index is 11.5. The third-order valence-corrected chi connectivity index (χ3v) is 2.47. The maximum Gasteiger partial charge on any atom is 0.342 e. The average Bonchev–Trinajstić information content (AvgIpc) is 2.26. The highest BCUT2D eigenvalue weighted by molar-refractivity contribution is 6.28. The van der Waals surface area contributed by atoms with Gasteiger partial charge in [0.2, 0.25) is 0 Å². The van der Waals surface area contributed by atoms with Gasteiger partial charge in [0.15, 0.2) is 0 Å². The third-order valence-electron chi connectivity index (χ3n) is 2.47. The van der Waals surface area contributed by atoms with Crippen molar-refractivity contribution in [3.05, 3.63) is 35.5 Å². The van der Waals surface area contributed by atoms with Gasteiger partial charge in [-0.1, -0.05) is 18.2 Å². The minimum absolute atomic E-state index is 0.250. The van der Waals surface area contributed by atoms with Crippen LogP contribution in [0.4, 0.5) is 0 Å². The molecule has 2 aliphatic rings. The molecule has 1 heterocycles. The number of carbonyl (C=O) groups excluding carboxylic acids is 1. The molecule has 6 heteroatoms. The molecule has 0 aromatic heterocycles. The van der Waals surface area contributed by atoms with E-state index >= 15 is 0 Å². The number of hydrogen-bond donors (Lipinski definition) is 2. The summed E-state index contributed by atoms with van der Waals surface area (Å²) in [6.07, 6.45) is 6.18. The standard InChI is InChI=1S/C11H7NO5/c13-9-8(11(16)17)7(10(14)15)5-3-1-2-4-6(5)12-9/h1-5H,(H,14,15)(H,16,17). The Morgan fingerprint density at radius 3 is 2.47 bits per heavy atom. The number of amides is 1. The van der Waals surface area contributed by atoms with Crippen molar-refractivity contribution in [1.29, 1.82) is 0 Å². The Balaban J connectivity index is 2.64. The van der Waals surface area contributed by atoms with E-state index in [0.717, 1.165) is 0 Å². The van der Waals surface area contributed by atoms with Crippen molar-refractivity contribution in [2.45, 2.75) is 0 Å². The summed E-state index contributed by atoms with van der Waals surface area (Å²) in [5.41, 5.74) is -0.959. The lowest BCUT2D eigenvalue weighted by Gasteiger charge is -2.21. The molecule has 0 aromatic carbocycles. The molecule has 2 N–H and O–H groups in total. The first-order chi connectivity index (χ1) is 8.02. The zero-order valence-corrected chi connectivity index (χ0v) is 8.45. The summed E-state index contributed by atoms with van der Waals surface area (Å²) < 4.78 is 0. The molecule has 0 spiro atoms. The Bertz CT molecular complexity index is 550. The first-order valence-electron chi connectivity index (χ1n) is 4.71. The van der Waals surface area contributed by atoms with E-state index in [9.17, 15) is 14.4 Å². The van der Waals surface area contributed by atoms with E-state index in [4.69, 9.17) is 10.2 Å². The number of aliphatic carboxylic acids is 2. The number of fused-ring (bicyclic) bond motifs is 1. The van der Waals surface area contributed by atoms with Gasteiger partial charge in [0.25, 0.3) is 5.91 Å². The smallest absolute Gasteiger partial charge is 0.342 e. The lowest BCUT2D eigenvalue weighted by molar-refractivity contribution is -0.137. The van der Waals surface area contributed by atoms with Crippen LogP contribution in [0.25, 0.3) is 0 Å². The van der Waals surface area contributed by atoms with Crippen molar-refractivity contribution in [2.24, 2.45) is 10.9 Å². The first-order valence-corrected chi connectivity index (χ1v) is 4.71. The van der Waals surface area contributed by atoms with Crippen molar-refractivity contribution in [3.63, 3.8) is 0 Å². The first kappa shape index (κ1) is 11.0. The van der Waals surface area contributed by atoms with E-state index < -0.39 is 34.9 Å². The number of aliphatic imine (C=N–C) groups is 1. The Morgan fingerprint density at radius 2 is 1.88 bits per heavy atom. The van der Waals surface area contributed by atoms with Crippen LogP contribution in [0.5, 0.6) is 0 Å². The van der Waals surface area contributed by atoms with Crippen LogP contribution < -0.4 is 0 Å². The molecule has 0 saturated carbocycles. The predicted octanol–water partition coefficient (Wildman–Crippen LogP) is 0.176. The minimum atomic E-state index is -1.57. The number of carbonyl (C=O) groups is 3. The second-order valence-corrected chi connectivity index (χ2v) is 3.46. The number of carboxylic acids is 2. The number of hydrogen-bond acceptors (Lipinski definition) is 3. The normalized spacial score (nSPS) is 22.2. The summed E-state index contributed by atoms with van der Waals surface area (Å²) in [7, 11) is 0. The number of dihydropyridines is 1. The zero-order chi connectivity index (χ0) is 12.6. The van der Waals surface area contributed by atoms with E-state index in [2.05, 4.69) is 4.99 Å². The lowest BCUT2D eigenvalue weighted by atomic mass is 9.84. The van der Waals surface area contributed by atoms with E-state index in [-0.39, 0.29) is 5.71 Å². The lowest BCUT2D eigenvalue weighted by Crippen LogP contribution is -2.31. The predicted molar refractivity (Wildman–Crippen MR) is 56.5 cm³/mol. The average molecular weight is 233 g/mol. The van der Waals surface area contributed by atoms with Crippen LogP contribution in [0.1, 0.15) is 0 Å². The highest BCUT2D eigenvalue weighted by atomic mass is 16.4. The Morgan fingerprint density at radius 1 is 1.18 bits per heavy atom. The van der Waals surface area contributed by atoms with Crippen molar-refractivity contribution in [3.8, 4) is 0 Å². The fourth-order valence-electron chi connectivity index (χ4n) is 1.77. The number of nitrogens with zero attached hydrogens (tertiary/aromatic N) is 1. The quantitative estimate of drug-likeness (QED) is 0.662. The van der Waals surface area contributed by atoms with Crippen molar-refractivity contribution < 1.29 is 24.6 Å². The molecular formula is C11H7NO5. The van der Waals surface area contributed by atoms with Crippen LogP contribution in [-0.2, 0) is 14.4 Å². The van der Waals surface area contributed by atoms with Gasteiger partial charge in [0.1, 0.15) is 5.57 Å². The van der Waals surface area contributed by atoms with Gasteiger partial charge in [0, 0.05) is 0 Å². The van der Waals surface area contributed by atoms with Gasteiger partial charge in [-0.2, -0.15) is 0 Å². The summed E-state index contributed by atoms with van der Waals surface area (Å²) in [6, 6.07) is 0. The van der Waals surface area contributed by atoms with Gasteiger partial charge in [-0.25, -0.2) is 14.6 Å². The van der Waals surface area contributed by atoms with Crippen LogP contribution in [0.3, 0.4) is 0 Å². The van der Waals surface area contributed by atoms with Gasteiger partial charge >= 0.3 is 11.9 Å². The maximum atomic E-state index is 11.5. The molecule has 0 bridgehead atoms. The molecule has 2 rings (SSSR count). The second kappa shape index (κ2) is 3.82. The molecule has 0 radical (unpaired) electrons. The highest BCUT2D eigenvalue weighted by Gasteiger charge is 2.37. The molecule has 6 nitrogen and oxygen atoms in total. The van der Waals surface area contributed by atoms with Crippen molar-refractivity contribution >= 4 is 23.6 Å². The van der Waals surface area contributed by atoms with Crippen LogP contribution >= 0.6 is 0 Å². The molecule has 1 unspecified atom stereocenters. The molecule has 1 aliphatic heterocycles. The monoisotopic (exact) mass is 233 g/mol. The molecule has 17 heavy (non-hydrogen) atoms.